The number of hydrogen-bond acceptors (Lipinski definition) is 5. The van der Waals surface area contributed by atoms with E-state index in [4.69, 9.17) is 10.4 Å². The SMILES string of the molecule is C/C(=N\N(c1nn(C)c(=O)n1C)C(C)C1CCc2ccccc21)c1ccc(C#N)cc1. The van der Waals surface area contributed by atoms with E-state index in [0.717, 1.165) is 24.1 Å². The molecule has 31 heavy (non-hydrogen) atoms. The van der Waals surface area contributed by atoms with Crippen molar-refractivity contribution in [2.75, 3.05) is 5.01 Å². The average molecular weight is 415 g/mol. The van der Waals surface area contributed by atoms with Gasteiger partial charge in [-0.2, -0.15) is 10.4 Å². The van der Waals surface area contributed by atoms with E-state index in [1.54, 1.807) is 26.2 Å². The molecule has 0 spiro atoms. The Balaban J connectivity index is 1.77. The Bertz CT molecular complexity index is 1230. The van der Waals surface area contributed by atoms with Gasteiger partial charge in [-0.15, -0.1) is 5.10 Å². The van der Waals surface area contributed by atoms with Crippen molar-refractivity contribution in [2.24, 2.45) is 19.2 Å². The molecule has 0 radical (unpaired) electrons. The van der Waals surface area contributed by atoms with Crippen molar-refractivity contribution in [3.63, 3.8) is 0 Å². The summed E-state index contributed by atoms with van der Waals surface area (Å²) in [5.41, 5.74) is 4.85. The predicted octanol–water partition coefficient (Wildman–Crippen LogP) is 3.34. The summed E-state index contributed by atoms with van der Waals surface area (Å²) in [6, 6.07) is 18.0. The lowest BCUT2D eigenvalue weighted by Gasteiger charge is -2.30. The van der Waals surface area contributed by atoms with Gasteiger partial charge in [0.1, 0.15) is 0 Å². The van der Waals surface area contributed by atoms with Crippen LogP contribution in [0.4, 0.5) is 5.95 Å². The van der Waals surface area contributed by atoms with E-state index >= 15 is 0 Å². The molecular weight excluding hydrogens is 388 g/mol. The number of hydrazone groups is 1. The van der Waals surface area contributed by atoms with Gasteiger partial charge in [-0.3, -0.25) is 4.57 Å². The number of aryl methyl sites for hydroxylation is 2. The molecule has 0 N–H and O–H groups in total. The van der Waals surface area contributed by atoms with E-state index < -0.39 is 0 Å². The van der Waals surface area contributed by atoms with Crippen LogP contribution in [0.25, 0.3) is 0 Å². The fraction of sp³-hybridized carbons (Fsp3) is 0.333. The van der Waals surface area contributed by atoms with Gasteiger partial charge in [-0.25, -0.2) is 14.5 Å². The monoisotopic (exact) mass is 414 g/mol. The summed E-state index contributed by atoms with van der Waals surface area (Å²) < 4.78 is 2.87. The highest BCUT2D eigenvalue weighted by atomic mass is 16.2. The maximum atomic E-state index is 12.4. The fourth-order valence-electron chi connectivity index (χ4n) is 4.33. The number of benzene rings is 2. The highest BCUT2D eigenvalue weighted by molar-refractivity contribution is 5.99. The molecule has 0 saturated heterocycles. The molecule has 2 atom stereocenters. The van der Waals surface area contributed by atoms with E-state index in [1.165, 1.54) is 20.4 Å². The second-order valence-electron chi connectivity index (χ2n) is 8.07. The van der Waals surface area contributed by atoms with Crippen LogP contribution in [0, 0.1) is 11.3 Å². The number of nitrogens with zero attached hydrogens (tertiary/aromatic N) is 6. The highest BCUT2D eigenvalue weighted by Gasteiger charge is 2.33. The van der Waals surface area contributed by atoms with Crippen LogP contribution in [-0.4, -0.2) is 26.1 Å². The minimum atomic E-state index is -0.190. The fourth-order valence-corrected chi connectivity index (χ4v) is 4.33. The Hall–Kier alpha value is -3.66. The van der Waals surface area contributed by atoms with Gasteiger partial charge in [0.25, 0.3) is 0 Å². The van der Waals surface area contributed by atoms with Crippen molar-refractivity contribution in [3.8, 4) is 6.07 Å². The number of fused-ring (bicyclic) bond motifs is 1. The second kappa shape index (κ2) is 8.23. The summed E-state index contributed by atoms with van der Waals surface area (Å²) in [4.78, 5) is 12.4. The first-order valence-electron chi connectivity index (χ1n) is 10.4. The van der Waals surface area contributed by atoms with Crippen molar-refractivity contribution in [2.45, 2.75) is 38.6 Å². The minimum Gasteiger partial charge on any atom is -0.263 e. The zero-order chi connectivity index (χ0) is 22.1. The number of nitriles is 1. The standard InChI is InChI=1S/C24H26N6O/c1-16(19-11-9-18(15-25)10-12-19)26-30(23-27-29(4)24(31)28(23)3)17(2)21-14-13-20-7-5-6-8-22(20)21/h5-12,17,21H,13-14H2,1-4H3/b26-16+. The molecular formula is C24H26N6O. The van der Waals surface area contributed by atoms with Gasteiger partial charge in [0.15, 0.2) is 0 Å². The first-order valence-corrected chi connectivity index (χ1v) is 10.4. The Labute approximate surface area is 181 Å². The minimum absolute atomic E-state index is 0.00233. The summed E-state index contributed by atoms with van der Waals surface area (Å²) in [6.45, 7) is 4.08. The van der Waals surface area contributed by atoms with Crippen LogP contribution in [-0.2, 0) is 20.5 Å². The van der Waals surface area contributed by atoms with Gasteiger partial charge >= 0.3 is 5.69 Å². The topological polar surface area (TPSA) is 79.2 Å². The summed E-state index contributed by atoms with van der Waals surface area (Å²) in [6.07, 6.45) is 2.07. The molecule has 2 aromatic carbocycles. The van der Waals surface area contributed by atoms with Crippen molar-refractivity contribution in [1.29, 1.82) is 5.26 Å². The molecule has 4 rings (SSSR count). The molecule has 0 saturated carbocycles. The van der Waals surface area contributed by atoms with Gasteiger partial charge in [-0.05, 0) is 55.5 Å². The van der Waals surface area contributed by atoms with E-state index in [2.05, 4.69) is 42.4 Å². The Morgan fingerprint density at radius 3 is 2.58 bits per heavy atom. The van der Waals surface area contributed by atoms with Crippen molar-refractivity contribution in [3.05, 3.63) is 81.3 Å². The quantitative estimate of drug-likeness (QED) is 0.474. The average Bonchev–Trinajstić information content (AvgIpc) is 3.33. The molecule has 0 amide bonds. The Morgan fingerprint density at radius 1 is 1.23 bits per heavy atom. The lowest BCUT2D eigenvalue weighted by molar-refractivity contribution is 0.510. The summed E-state index contributed by atoms with van der Waals surface area (Å²) in [5, 5.41) is 20.4. The highest BCUT2D eigenvalue weighted by Crippen LogP contribution is 2.38. The van der Waals surface area contributed by atoms with Gasteiger partial charge < -0.3 is 0 Å². The number of aromatic nitrogens is 3. The van der Waals surface area contributed by atoms with Crippen molar-refractivity contribution >= 4 is 11.7 Å². The first kappa shape index (κ1) is 20.6. The number of rotatable bonds is 5. The van der Waals surface area contributed by atoms with Crippen LogP contribution in [0.3, 0.4) is 0 Å². The van der Waals surface area contributed by atoms with Crippen LogP contribution in [0.5, 0.6) is 0 Å². The van der Waals surface area contributed by atoms with Crippen LogP contribution in [0.2, 0.25) is 0 Å². The van der Waals surface area contributed by atoms with Gasteiger partial charge in [-0.1, -0.05) is 36.4 Å². The Morgan fingerprint density at radius 2 is 1.94 bits per heavy atom. The van der Waals surface area contributed by atoms with E-state index in [1.807, 2.05) is 24.1 Å². The van der Waals surface area contributed by atoms with E-state index in [9.17, 15) is 4.79 Å². The zero-order valence-corrected chi connectivity index (χ0v) is 18.3. The summed E-state index contributed by atoms with van der Waals surface area (Å²) in [5.74, 6) is 0.795. The Kier molecular flexibility index (Phi) is 5.47. The van der Waals surface area contributed by atoms with Crippen LogP contribution in [0.15, 0.2) is 58.4 Å². The molecule has 1 aromatic heterocycles. The van der Waals surface area contributed by atoms with Crippen molar-refractivity contribution < 1.29 is 0 Å². The maximum absolute atomic E-state index is 12.4. The van der Waals surface area contributed by atoms with Crippen LogP contribution >= 0.6 is 0 Å². The summed E-state index contributed by atoms with van der Waals surface area (Å²) >= 11 is 0. The zero-order valence-electron chi connectivity index (χ0n) is 18.3. The number of hydrogen-bond donors (Lipinski definition) is 0. The van der Waals surface area contributed by atoms with Gasteiger partial charge in [0.2, 0.25) is 5.95 Å². The van der Waals surface area contributed by atoms with Gasteiger partial charge in [0, 0.05) is 20.0 Å². The van der Waals surface area contributed by atoms with Gasteiger partial charge in [0.05, 0.1) is 23.4 Å². The van der Waals surface area contributed by atoms with Crippen LogP contribution in [0.1, 0.15) is 48.4 Å². The normalized spacial score (nSPS) is 16.6. The number of anilines is 1. The molecule has 2 unspecified atom stereocenters. The smallest absolute Gasteiger partial charge is 0.263 e. The lowest BCUT2D eigenvalue weighted by atomic mass is 9.94. The molecule has 1 heterocycles. The third-order valence-corrected chi connectivity index (χ3v) is 6.14. The largest absolute Gasteiger partial charge is 0.346 e. The summed E-state index contributed by atoms with van der Waals surface area (Å²) in [7, 11) is 3.37. The molecule has 7 heteroatoms. The van der Waals surface area contributed by atoms with E-state index in [-0.39, 0.29) is 17.6 Å². The molecule has 1 aliphatic carbocycles. The second-order valence-corrected chi connectivity index (χ2v) is 8.07. The predicted molar refractivity (Wildman–Crippen MR) is 121 cm³/mol. The lowest BCUT2D eigenvalue weighted by Crippen LogP contribution is -2.36. The maximum Gasteiger partial charge on any atom is 0.346 e. The third-order valence-electron chi connectivity index (χ3n) is 6.14. The molecule has 3 aromatic rings. The molecule has 0 fully saturated rings. The molecule has 158 valence electrons. The molecule has 0 aliphatic heterocycles. The molecule has 1 aliphatic rings. The van der Waals surface area contributed by atoms with Crippen molar-refractivity contribution in [1.82, 2.24) is 14.3 Å². The van der Waals surface area contributed by atoms with E-state index in [0.29, 0.717) is 11.5 Å². The molecule has 0 bridgehead atoms. The first-order chi connectivity index (χ1) is 14.9. The van der Waals surface area contributed by atoms with Crippen LogP contribution < -0.4 is 10.7 Å². The molecule has 7 nitrogen and oxygen atoms in total. The third kappa shape index (κ3) is 3.77.